The van der Waals surface area contributed by atoms with Crippen LogP contribution in [0.25, 0.3) is 0 Å². The second-order valence-corrected chi connectivity index (χ2v) is 9.25. The van der Waals surface area contributed by atoms with E-state index in [9.17, 15) is 0 Å². The summed E-state index contributed by atoms with van der Waals surface area (Å²) in [5, 5.41) is 8.36. The highest BCUT2D eigenvalue weighted by Gasteiger charge is 2.17. The smallest absolute Gasteiger partial charge is 0.0621 e. The maximum absolute atomic E-state index is 8.36. The molecule has 0 heterocycles. The summed E-state index contributed by atoms with van der Waals surface area (Å²) in [6, 6.07) is 4.95. The molecule has 0 fully saturated rings. The number of hydrogen-bond donors (Lipinski definition) is 0. The van der Waals surface area contributed by atoms with E-state index in [1.165, 1.54) is 18.5 Å². The van der Waals surface area contributed by atoms with Crippen molar-refractivity contribution >= 4 is 8.07 Å². The quantitative estimate of drug-likeness (QED) is 0.457. The molecule has 2 heteroatoms. The molecular formula is C9H19NSi. The van der Waals surface area contributed by atoms with Crippen LogP contribution in [-0.2, 0) is 0 Å². The van der Waals surface area contributed by atoms with Crippen LogP contribution in [0.3, 0.4) is 0 Å². The van der Waals surface area contributed by atoms with E-state index in [0.29, 0.717) is 0 Å². The summed E-state index contributed by atoms with van der Waals surface area (Å²) in [6.07, 6.45) is 3.18. The first-order valence-electron chi connectivity index (χ1n) is 4.49. The van der Waals surface area contributed by atoms with Crippen molar-refractivity contribution in [3.63, 3.8) is 0 Å². The SMILES string of the molecule is CCC[Si](C)(C)CCCC#N. The molecular weight excluding hydrogens is 150 g/mol. The maximum atomic E-state index is 8.36. The molecule has 0 radical (unpaired) electrons. The molecule has 64 valence electrons. The fourth-order valence-electron chi connectivity index (χ4n) is 1.45. The Kier molecular flexibility index (Phi) is 5.23. The molecule has 0 spiro atoms. The first-order valence-corrected chi connectivity index (χ1v) is 7.91. The van der Waals surface area contributed by atoms with Gasteiger partial charge in [0, 0.05) is 14.5 Å². The molecule has 0 aliphatic carbocycles. The molecule has 11 heavy (non-hydrogen) atoms. The van der Waals surface area contributed by atoms with Gasteiger partial charge < -0.3 is 0 Å². The fourth-order valence-corrected chi connectivity index (χ4v) is 4.19. The predicted molar refractivity (Wildman–Crippen MR) is 52.2 cm³/mol. The molecule has 0 amide bonds. The van der Waals surface area contributed by atoms with E-state index in [1.54, 1.807) is 0 Å². The van der Waals surface area contributed by atoms with Crippen molar-refractivity contribution in [1.82, 2.24) is 0 Å². The summed E-state index contributed by atoms with van der Waals surface area (Å²) in [4.78, 5) is 0. The molecule has 0 rings (SSSR count). The Hall–Kier alpha value is -0.293. The summed E-state index contributed by atoms with van der Waals surface area (Å²) in [5.41, 5.74) is 0. The third-order valence-corrected chi connectivity index (χ3v) is 5.63. The molecule has 0 N–H and O–H groups in total. The zero-order chi connectivity index (χ0) is 8.74. The van der Waals surface area contributed by atoms with Gasteiger partial charge in [-0.3, -0.25) is 0 Å². The highest BCUT2D eigenvalue weighted by Crippen LogP contribution is 2.19. The topological polar surface area (TPSA) is 23.8 Å². The lowest BCUT2D eigenvalue weighted by atomic mass is 10.4. The van der Waals surface area contributed by atoms with E-state index in [0.717, 1.165) is 12.8 Å². The van der Waals surface area contributed by atoms with Gasteiger partial charge in [-0.25, -0.2) is 0 Å². The summed E-state index contributed by atoms with van der Waals surface area (Å²) in [5.74, 6) is 0. The monoisotopic (exact) mass is 169 g/mol. The number of nitriles is 1. The van der Waals surface area contributed by atoms with Crippen molar-refractivity contribution in [2.75, 3.05) is 0 Å². The van der Waals surface area contributed by atoms with E-state index >= 15 is 0 Å². The molecule has 1 nitrogen and oxygen atoms in total. The molecule has 0 aromatic heterocycles. The minimum absolute atomic E-state index is 0.750. The third kappa shape index (κ3) is 6.12. The highest BCUT2D eigenvalue weighted by molar-refractivity contribution is 6.77. The summed E-state index contributed by atoms with van der Waals surface area (Å²) < 4.78 is 0. The minimum Gasteiger partial charge on any atom is -0.198 e. The van der Waals surface area contributed by atoms with Crippen LogP contribution in [0, 0.1) is 11.3 Å². The fraction of sp³-hybridized carbons (Fsp3) is 0.889. The lowest BCUT2D eigenvalue weighted by Crippen LogP contribution is -2.23. The van der Waals surface area contributed by atoms with E-state index in [-0.39, 0.29) is 0 Å². The Morgan fingerprint density at radius 3 is 2.36 bits per heavy atom. The molecule has 0 bridgehead atoms. The van der Waals surface area contributed by atoms with Crippen molar-refractivity contribution < 1.29 is 0 Å². The minimum atomic E-state index is -0.892. The van der Waals surface area contributed by atoms with Crippen LogP contribution in [0.5, 0.6) is 0 Å². The summed E-state index contributed by atoms with van der Waals surface area (Å²) in [6.45, 7) is 7.10. The zero-order valence-corrected chi connectivity index (χ0v) is 8.98. The van der Waals surface area contributed by atoms with Gasteiger partial charge in [-0.1, -0.05) is 38.5 Å². The predicted octanol–water partition coefficient (Wildman–Crippen LogP) is 3.41. The van der Waals surface area contributed by atoms with Gasteiger partial charge in [-0.15, -0.1) is 0 Å². The van der Waals surface area contributed by atoms with E-state index in [1.807, 2.05) is 0 Å². The Labute approximate surface area is 71.4 Å². The van der Waals surface area contributed by atoms with Crippen molar-refractivity contribution in [3.05, 3.63) is 0 Å². The molecule has 0 aliphatic heterocycles. The number of nitrogens with zero attached hydrogens (tertiary/aromatic N) is 1. The van der Waals surface area contributed by atoms with Crippen LogP contribution < -0.4 is 0 Å². The average molecular weight is 169 g/mol. The van der Waals surface area contributed by atoms with Gasteiger partial charge in [0.05, 0.1) is 6.07 Å². The van der Waals surface area contributed by atoms with Gasteiger partial charge in [0.1, 0.15) is 0 Å². The van der Waals surface area contributed by atoms with E-state index in [2.05, 4.69) is 26.1 Å². The molecule has 0 unspecified atom stereocenters. The van der Waals surface area contributed by atoms with Gasteiger partial charge in [-0.05, 0) is 6.42 Å². The first kappa shape index (κ1) is 10.7. The molecule has 0 aromatic rings. The second-order valence-electron chi connectivity index (χ2n) is 3.93. The van der Waals surface area contributed by atoms with Crippen LogP contribution in [0.1, 0.15) is 26.2 Å². The largest absolute Gasteiger partial charge is 0.198 e. The van der Waals surface area contributed by atoms with E-state index < -0.39 is 8.07 Å². The maximum Gasteiger partial charge on any atom is 0.0621 e. The number of rotatable bonds is 5. The van der Waals surface area contributed by atoms with Crippen molar-refractivity contribution in [1.29, 1.82) is 5.26 Å². The van der Waals surface area contributed by atoms with E-state index in [4.69, 9.17) is 5.26 Å². The lowest BCUT2D eigenvalue weighted by molar-refractivity contribution is 0.921. The zero-order valence-electron chi connectivity index (χ0n) is 7.98. The van der Waals surface area contributed by atoms with Gasteiger partial charge in [0.15, 0.2) is 0 Å². The summed E-state index contributed by atoms with van der Waals surface area (Å²) >= 11 is 0. The molecule has 0 aliphatic rings. The van der Waals surface area contributed by atoms with Gasteiger partial charge in [0.25, 0.3) is 0 Å². The van der Waals surface area contributed by atoms with Crippen LogP contribution >= 0.6 is 0 Å². The van der Waals surface area contributed by atoms with Crippen molar-refractivity contribution in [2.24, 2.45) is 0 Å². The summed E-state index contributed by atoms with van der Waals surface area (Å²) in [7, 11) is -0.892. The molecule has 0 atom stereocenters. The van der Waals surface area contributed by atoms with Gasteiger partial charge >= 0.3 is 0 Å². The molecule has 0 aromatic carbocycles. The lowest BCUT2D eigenvalue weighted by Gasteiger charge is -2.20. The van der Waals surface area contributed by atoms with Crippen LogP contribution in [0.15, 0.2) is 0 Å². The Morgan fingerprint density at radius 2 is 1.91 bits per heavy atom. The van der Waals surface area contributed by atoms with Crippen molar-refractivity contribution in [3.8, 4) is 6.07 Å². The number of hydrogen-bond acceptors (Lipinski definition) is 1. The molecule has 0 saturated carbocycles. The third-order valence-electron chi connectivity index (χ3n) is 2.07. The normalized spacial score (nSPS) is 11.1. The van der Waals surface area contributed by atoms with Gasteiger partial charge in [-0.2, -0.15) is 5.26 Å². The Morgan fingerprint density at radius 1 is 1.27 bits per heavy atom. The highest BCUT2D eigenvalue weighted by atomic mass is 28.3. The Balaban J connectivity index is 3.48. The van der Waals surface area contributed by atoms with Crippen molar-refractivity contribution in [2.45, 2.75) is 51.4 Å². The Bertz CT molecular complexity index is 135. The number of unbranched alkanes of at least 4 members (excludes halogenated alkanes) is 1. The average Bonchev–Trinajstić information content (AvgIpc) is 1.87. The van der Waals surface area contributed by atoms with Gasteiger partial charge in [0.2, 0.25) is 0 Å². The van der Waals surface area contributed by atoms with Crippen LogP contribution in [-0.4, -0.2) is 8.07 Å². The molecule has 0 saturated heterocycles. The second kappa shape index (κ2) is 5.37. The van der Waals surface area contributed by atoms with Crippen LogP contribution in [0.2, 0.25) is 25.2 Å². The van der Waals surface area contributed by atoms with Crippen LogP contribution in [0.4, 0.5) is 0 Å². The standard InChI is InChI=1S/C9H19NSi/c1-4-8-11(2,3)9-6-5-7-10/h4-6,8-9H2,1-3H3. The first-order chi connectivity index (χ1) is 5.12.